The van der Waals surface area contributed by atoms with Gasteiger partial charge in [-0.2, -0.15) is 0 Å². The molecule has 4 nitrogen and oxygen atoms in total. The van der Waals surface area contributed by atoms with E-state index in [-0.39, 0.29) is 0 Å². The number of nitrogens with zero attached hydrogens (tertiary/aromatic N) is 3. The van der Waals surface area contributed by atoms with Gasteiger partial charge in [-0.25, -0.2) is 9.97 Å². The predicted molar refractivity (Wildman–Crippen MR) is 60.5 cm³/mol. The van der Waals surface area contributed by atoms with Crippen LogP contribution in [0.3, 0.4) is 0 Å². The zero-order chi connectivity index (χ0) is 10.7. The highest BCUT2D eigenvalue weighted by atomic mass is 15.3. The zero-order valence-electron chi connectivity index (χ0n) is 9.19. The highest BCUT2D eigenvalue weighted by molar-refractivity contribution is 5.31. The van der Waals surface area contributed by atoms with Crippen molar-refractivity contribution in [2.75, 3.05) is 18.0 Å². The first-order chi connectivity index (χ1) is 7.33. The number of anilines is 1. The molecule has 82 valence electrons. The fourth-order valence-electron chi connectivity index (χ4n) is 1.96. The maximum atomic E-state index is 5.50. The van der Waals surface area contributed by atoms with Crippen LogP contribution in [0.15, 0.2) is 12.4 Å². The Kier molecular flexibility index (Phi) is 3.16. The van der Waals surface area contributed by atoms with Gasteiger partial charge in [0, 0.05) is 37.6 Å². The van der Waals surface area contributed by atoms with E-state index in [9.17, 15) is 0 Å². The highest BCUT2D eigenvalue weighted by Gasteiger charge is 2.22. The van der Waals surface area contributed by atoms with E-state index in [1.165, 1.54) is 12.8 Å². The highest BCUT2D eigenvalue weighted by Crippen LogP contribution is 2.22. The number of rotatable bonds is 3. The lowest BCUT2D eigenvalue weighted by Crippen LogP contribution is -2.22. The van der Waals surface area contributed by atoms with Crippen LogP contribution < -0.4 is 10.6 Å². The van der Waals surface area contributed by atoms with Gasteiger partial charge in [0.25, 0.3) is 0 Å². The molecule has 1 aromatic heterocycles. The fourth-order valence-corrected chi connectivity index (χ4v) is 1.96. The Balaban J connectivity index is 2.04. The molecule has 1 aliphatic rings. The van der Waals surface area contributed by atoms with E-state index in [0.717, 1.165) is 30.5 Å². The summed E-state index contributed by atoms with van der Waals surface area (Å²) in [6.07, 6.45) is 6.15. The second-order valence-corrected chi connectivity index (χ2v) is 4.10. The molecule has 1 saturated heterocycles. The van der Waals surface area contributed by atoms with Crippen LogP contribution in [0.25, 0.3) is 0 Å². The lowest BCUT2D eigenvalue weighted by molar-refractivity contribution is 0.568. The molecule has 1 aromatic rings. The summed E-state index contributed by atoms with van der Waals surface area (Å²) in [6, 6.07) is 0. The predicted octanol–water partition coefficient (Wildman–Crippen LogP) is 1.17. The Morgan fingerprint density at radius 2 is 2.20 bits per heavy atom. The number of hydrogen-bond donors (Lipinski definition) is 1. The molecule has 2 rings (SSSR count). The first-order valence-corrected chi connectivity index (χ1v) is 5.59. The summed E-state index contributed by atoms with van der Waals surface area (Å²) in [5.41, 5.74) is 6.49. The van der Waals surface area contributed by atoms with Gasteiger partial charge in [0.15, 0.2) is 0 Å². The van der Waals surface area contributed by atoms with Gasteiger partial charge in [-0.1, -0.05) is 13.3 Å². The summed E-state index contributed by atoms with van der Waals surface area (Å²) in [4.78, 5) is 10.9. The molecular formula is C11H18N4. The standard InChI is InChI=1S/C11H18N4/c1-2-9-3-4-15(8-9)11-13-6-10(5-12)7-14-11/h6-7,9H,2-5,8,12H2,1H3. The third kappa shape index (κ3) is 2.26. The Hall–Kier alpha value is -1.16. The van der Waals surface area contributed by atoms with Gasteiger partial charge >= 0.3 is 0 Å². The van der Waals surface area contributed by atoms with E-state index >= 15 is 0 Å². The molecule has 0 saturated carbocycles. The van der Waals surface area contributed by atoms with E-state index in [0.29, 0.717) is 6.54 Å². The van der Waals surface area contributed by atoms with Crippen LogP contribution in [0, 0.1) is 5.92 Å². The minimum Gasteiger partial charge on any atom is -0.341 e. The van der Waals surface area contributed by atoms with Crippen molar-refractivity contribution in [3.63, 3.8) is 0 Å². The summed E-state index contributed by atoms with van der Waals surface area (Å²) < 4.78 is 0. The van der Waals surface area contributed by atoms with Crippen molar-refractivity contribution < 1.29 is 0 Å². The molecule has 1 atom stereocenters. The van der Waals surface area contributed by atoms with Crippen molar-refractivity contribution in [3.8, 4) is 0 Å². The van der Waals surface area contributed by atoms with Gasteiger partial charge < -0.3 is 10.6 Å². The van der Waals surface area contributed by atoms with Crippen molar-refractivity contribution in [2.45, 2.75) is 26.3 Å². The molecule has 15 heavy (non-hydrogen) atoms. The Bertz CT molecular complexity index is 309. The van der Waals surface area contributed by atoms with Crippen LogP contribution in [0.5, 0.6) is 0 Å². The first-order valence-electron chi connectivity index (χ1n) is 5.59. The van der Waals surface area contributed by atoms with Gasteiger partial charge in [-0.3, -0.25) is 0 Å². The molecule has 4 heteroatoms. The summed E-state index contributed by atoms with van der Waals surface area (Å²) >= 11 is 0. The lowest BCUT2D eigenvalue weighted by atomic mass is 10.1. The average Bonchev–Trinajstić information content (AvgIpc) is 2.78. The average molecular weight is 206 g/mol. The van der Waals surface area contributed by atoms with E-state index < -0.39 is 0 Å². The minimum absolute atomic E-state index is 0.512. The second-order valence-electron chi connectivity index (χ2n) is 4.10. The van der Waals surface area contributed by atoms with Crippen molar-refractivity contribution >= 4 is 5.95 Å². The third-order valence-electron chi connectivity index (χ3n) is 3.07. The summed E-state index contributed by atoms with van der Waals surface area (Å²) in [6.45, 7) is 4.93. The minimum atomic E-state index is 0.512. The van der Waals surface area contributed by atoms with Crippen LogP contribution >= 0.6 is 0 Å². The topological polar surface area (TPSA) is 55.0 Å². The molecule has 0 spiro atoms. The molecular weight excluding hydrogens is 188 g/mol. The molecule has 0 radical (unpaired) electrons. The zero-order valence-corrected chi connectivity index (χ0v) is 9.19. The van der Waals surface area contributed by atoms with E-state index in [2.05, 4.69) is 21.8 Å². The van der Waals surface area contributed by atoms with Crippen LogP contribution in [-0.2, 0) is 6.54 Å². The quantitative estimate of drug-likeness (QED) is 0.806. The van der Waals surface area contributed by atoms with Crippen molar-refractivity contribution in [1.82, 2.24) is 9.97 Å². The molecule has 0 amide bonds. The van der Waals surface area contributed by atoms with E-state index in [4.69, 9.17) is 5.73 Å². The summed E-state index contributed by atoms with van der Waals surface area (Å²) in [5, 5.41) is 0. The van der Waals surface area contributed by atoms with Gasteiger partial charge in [0.05, 0.1) is 0 Å². The van der Waals surface area contributed by atoms with Crippen LogP contribution in [0.2, 0.25) is 0 Å². The largest absolute Gasteiger partial charge is 0.341 e. The van der Waals surface area contributed by atoms with Gasteiger partial charge in [0.2, 0.25) is 5.95 Å². The Labute approximate surface area is 90.5 Å². The van der Waals surface area contributed by atoms with Crippen molar-refractivity contribution in [1.29, 1.82) is 0 Å². The molecule has 1 aliphatic heterocycles. The molecule has 0 aromatic carbocycles. The Morgan fingerprint density at radius 3 is 2.73 bits per heavy atom. The second kappa shape index (κ2) is 4.57. The number of aromatic nitrogens is 2. The lowest BCUT2D eigenvalue weighted by Gasteiger charge is -2.15. The van der Waals surface area contributed by atoms with Crippen LogP contribution in [0.4, 0.5) is 5.95 Å². The van der Waals surface area contributed by atoms with Crippen LogP contribution in [0.1, 0.15) is 25.3 Å². The molecule has 1 unspecified atom stereocenters. The van der Waals surface area contributed by atoms with Crippen molar-refractivity contribution in [2.24, 2.45) is 11.7 Å². The number of hydrogen-bond acceptors (Lipinski definition) is 4. The maximum absolute atomic E-state index is 5.50. The molecule has 0 aliphatic carbocycles. The molecule has 0 bridgehead atoms. The van der Waals surface area contributed by atoms with Crippen LogP contribution in [-0.4, -0.2) is 23.1 Å². The summed E-state index contributed by atoms with van der Waals surface area (Å²) in [5.74, 6) is 1.66. The SMILES string of the molecule is CCC1CCN(c2ncc(CN)cn2)C1. The first kappa shape index (κ1) is 10.4. The van der Waals surface area contributed by atoms with E-state index in [1.54, 1.807) is 0 Å². The molecule has 2 N–H and O–H groups in total. The molecule has 1 fully saturated rings. The molecule has 2 heterocycles. The monoisotopic (exact) mass is 206 g/mol. The fraction of sp³-hybridized carbons (Fsp3) is 0.636. The van der Waals surface area contributed by atoms with Gasteiger partial charge in [-0.15, -0.1) is 0 Å². The van der Waals surface area contributed by atoms with E-state index in [1.807, 2.05) is 12.4 Å². The van der Waals surface area contributed by atoms with Gasteiger partial charge in [0.1, 0.15) is 0 Å². The Morgan fingerprint density at radius 1 is 1.47 bits per heavy atom. The third-order valence-corrected chi connectivity index (χ3v) is 3.07. The van der Waals surface area contributed by atoms with Gasteiger partial charge in [-0.05, 0) is 12.3 Å². The number of nitrogens with two attached hydrogens (primary N) is 1. The summed E-state index contributed by atoms with van der Waals surface area (Å²) in [7, 11) is 0. The smallest absolute Gasteiger partial charge is 0.225 e. The normalized spacial score (nSPS) is 20.9. The maximum Gasteiger partial charge on any atom is 0.225 e. The van der Waals surface area contributed by atoms with Crippen molar-refractivity contribution in [3.05, 3.63) is 18.0 Å².